The Morgan fingerprint density at radius 3 is 2.53 bits per heavy atom. The van der Waals surface area contributed by atoms with Crippen LogP contribution < -0.4 is 5.32 Å². The average molecular weight is 267 g/mol. The van der Waals surface area contributed by atoms with Crippen molar-refractivity contribution >= 4 is 0 Å². The van der Waals surface area contributed by atoms with E-state index in [2.05, 4.69) is 5.32 Å². The Kier molecular flexibility index (Phi) is 4.55. The standard InChI is InChI=1S/C15H22FNO2/c1-2-15(9-18,10-19)17-14-7-12(8-14)11-4-3-5-13(16)6-11/h3-6,12,14,17-19H,2,7-10H2,1H3. The second-order valence-corrected chi connectivity index (χ2v) is 5.51. The van der Waals surface area contributed by atoms with Crippen molar-refractivity contribution in [3.05, 3.63) is 35.6 Å². The summed E-state index contributed by atoms with van der Waals surface area (Å²) in [6.45, 7) is 1.81. The molecule has 0 amide bonds. The van der Waals surface area contributed by atoms with Crippen molar-refractivity contribution in [1.29, 1.82) is 0 Å². The maximum atomic E-state index is 13.1. The van der Waals surface area contributed by atoms with Crippen LogP contribution in [0.2, 0.25) is 0 Å². The predicted octanol–water partition coefficient (Wildman–Crippen LogP) is 1.79. The minimum absolute atomic E-state index is 0.0683. The molecule has 1 aromatic rings. The second kappa shape index (κ2) is 5.99. The fourth-order valence-electron chi connectivity index (χ4n) is 2.67. The highest BCUT2D eigenvalue weighted by atomic mass is 19.1. The lowest BCUT2D eigenvalue weighted by Crippen LogP contribution is -2.58. The van der Waals surface area contributed by atoms with Gasteiger partial charge in [-0.2, -0.15) is 0 Å². The number of nitrogens with one attached hydrogen (secondary N) is 1. The Morgan fingerprint density at radius 2 is 2.00 bits per heavy atom. The van der Waals surface area contributed by atoms with Gasteiger partial charge in [0.25, 0.3) is 0 Å². The van der Waals surface area contributed by atoms with Crippen molar-refractivity contribution in [3.63, 3.8) is 0 Å². The van der Waals surface area contributed by atoms with E-state index in [0.717, 1.165) is 18.4 Å². The second-order valence-electron chi connectivity index (χ2n) is 5.51. The van der Waals surface area contributed by atoms with Crippen molar-refractivity contribution in [3.8, 4) is 0 Å². The Balaban J connectivity index is 1.89. The number of hydrogen-bond acceptors (Lipinski definition) is 3. The molecule has 1 fully saturated rings. The highest BCUT2D eigenvalue weighted by Gasteiger charge is 2.36. The van der Waals surface area contributed by atoms with Gasteiger partial charge in [0.15, 0.2) is 0 Å². The summed E-state index contributed by atoms with van der Waals surface area (Å²) in [7, 11) is 0. The Hall–Kier alpha value is -0.970. The van der Waals surface area contributed by atoms with E-state index >= 15 is 0 Å². The largest absolute Gasteiger partial charge is 0.394 e. The minimum Gasteiger partial charge on any atom is -0.394 e. The molecule has 3 nitrogen and oxygen atoms in total. The van der Waals surface area contributed by atoms with Gasteiger partial charge in [0.2, 0.25) is 0 Å². The van der Waals surface area contributed by atoms with Gasteiger partial charge in [-0.3, -0.25) is 0 Å². The zero-order chi connectivity index (χ0) is 13.9. The van der Waals surface area contributed by atoms with E-state index in [0.29, 0.717) is 12.3 Å². The van der Waals surface area contributed by atoms with Gasteiger partial charge in [-0.15, -0.1) is 0 Å². The van der Waals surface area contributed by atoms with Crippen LogP contribution >= 0.6 is 0 Å². The first kappa shape index (κ1) is 14.4. The van der Waals surface area contributed by atoms with Crippen LogP contribution in [0, 0.1) is 5.82 Å². The van der Waals surface area contributed by atoms with Crippen molar-refractivity contribution in [2.75, 3.05) is 13.2 Å². The highest BCUT2D eigenvalue weighted by Crippen LogP contribution is 2.38. The summed E-state index contributed by atoms with van der Waals surface area (Å²) in [4.78, 5) is 0. The van der Waals surface area contributed by atoms with Crippen molar-refractivity contribution in [1.82, 2.24) is 5.32 Å². The molecule has 0 radical (unpaired) electrons. The summed E-state index contributed by atoms with van der Waals surface area (Å²) in [5.74, 6) is 0.183. The van der Waals surface area contributed by atoms with Crippen molar-refractivity contribution in [2.45, 2.75) is 43.7 Å². The van der Waals surface area contributed by atoms with E-state index in [1.54, 1.807) is 12.1 Å². The molecule has 0 unspecified atom stereocenters. The molecule has 106 valence electrons. The zero-order valence-electron chi connectivity index (χ0n) is 11.3. The lowest BCUT2D eigenvalue weighted by atomic mass is 9.74. The van der Waals surface area contributed by atoms with Gasteiger partial charge in [-0.05, 0) is 42.9 Å². The van der Waals surface area contributed by atoms with Crippen molar-refractivity contribution in [2.24, 2.45) is 0 Å². The fraction of sp³-hybridized carbons (Fsp3) is 0.600. The van der Waals surface area contributed by atoms with Gasteiger partial charge in [-0.1, -0.05) is 19.1 Å². The third-order valence-corrected chi connectivity index (χ3v) is 4.25. The normalized spacial score (nSPS) is 23.2. The number of hydrogen-bond donors (Lipinski definition) is 3. The zero-order valence-corrected chi connectivity index (χ0v) is 11.3. The number of rotatable bonds is 6. The third-order valence-electron chi connectivity index (χ3n) is 4.25. The molecule has 1 aliphatic carbocycles. The van der Waals surface area contributed by atoms with E-state index < -0.39 is 5.54 Å². The molecule has 0 bridgehead atoms. The molecule has 1 aromatic carbocycles. The third kappa shape index (κ3) is 3.14. The first-order chi connectivity index (χ1) is 9.12. The lowest BCUT2D eigenvalue weighted by molar-refractivity contribution is 0.0627. The number of benzene rings is 1. The van der Waals surface area contributed by atoms with E-state index in [9.17, 15) is 14.6 Å². The van der Waals surface area contributed by atoms with Crippen LogP contribution in [-0.4, -0.2) is 35.0 Å². The Bertz CT molecular complexity index is 406. The minimum atomic E-state index is -0.586. The molecular formula is C15H22FNO2. The molecule has 0 aromatic heterocycles. The van der Waals surface area contributed by atoms with Crippen molar-refractivity contribution < 1.29 is 14.6 Å². The molecule has 0 atom stereocenters. The van der Waals surface area contributed by atoms with Gasteiger partial charge in [-0.25, -0.2) is 4.39 Å². The van der Waals surface area contributed by atoms with Crippen LogP contribution in [0.1, 0.15) is 37.7 Å². The summed E-state index contributed by atoms with van der Waals surface area (Å²) >= 11 is 0. The summed E-state index contributed by atoms with van der Waals surface area (Å²) in [6, 6.07) is 7.02. The van der Waals surface area contributed by atoms with Crippen LogP contribution in [0.25, 0.3) is 0 Å². The number of aliphatic hydroxyl groups is 2. The van der Waals surface area contributed by atoms with Crippen LogP contribution in [0.15, 0.2) is 24.3 Å². The summed E-state index contributed by atoms with van der Waals surface area (Å²) in [5, 5.41) is 22.1. The topological polar surface area (TPSA) is 52.5 Å². The molecule has 0 heterocycles. The highest BCUT2D eigenvalue weighted by molar-refractivity contribution is 5.24. The van der Waals surface area contributed by atoms with E-state index in [1.165, 1.54) is 6.07 Å². The molecule has 0 saturated heterocycles. The monoisotopic (exact) mass is 267 g/mol. The van der Waals surface area contributed by atoms with Gasteiger partial charge in [0.1, 0.15) is 5.82 Å². The summed E-state index contributed by atoms with van der Waals surface area (Å²) in [6.07, 6.45) is 2.53. The molecule has 1 saturated carbocycles. The Labute approximate surface area is 113 Å². The predicted molar refractivity (Wildman–Crippen MR) is 72.5 cm³/mol. The van der Waals surface area contributed by atoms with Gasteiger partial charge < -0.3 is 15.5 Å². The van der Waals surface area contributed by atoms with E-state index in [-0.39, 0.29) is 25.1 Å². The maximum absolute atomic E-state index is 13.1. The molecule has 2 rings (SSSR count). The van der Waals surface area contributed by atoms with Crippen LogP contribution in [0.3, 0.4) is 0 Å². The Morgan fingerprint density at radius 1 is 1.32 bits per heavy atom. The van der Waals surface area contributed by atoms with Crippen LogP contribution in [0.4, 0.5) is 4.39 Å². The van der Waals surface area contributed by atoms with Gasteiger partial charge in [0.05, 0.1) is 18.8 Å². The van der Waals surface area contributed by atoms with Crippen LogP contribution in [0.5, 0.6) is 0 Å². The number of aliphatic hydroxyl groups excluding tert-OH is 2. The van der Waals surface area contributed by atoms with E-state index in [1.807, 2.05) is 13.0 Å². The molecule has 4 heteroatoms. The lowest BCUT2D eigenvalue weighted by Gasteiger charge is -2.43. The number of halogens is 1. The average Bonchev–Trinajstić information content (AvgIpc) is 2.39. The quantitative estimate of drug-likeness (QED) is 0.736. The van der Waals surface area contributed by atoms with Gasteiger partial charge in [0, 0.05) is 6.04 Å². The molecule has 0 spiro atoms. The molecule has 3 N–H and O–H groups in total. The molecule has 19 heavy (non-hydrogen) atoms. The molecular weight excluding hydrogens is 245 g/mol. The summed E-state index contributed by atoms with van der Waals surface area (Å²) in [5.41, 5.74) is 0.450. The van der Waals surface area contributed by atoms with Crippen LogP contribution in [-0.2, 0) is 0 Å². The molecule has 1 aliphatic rings. The SMILES string of the molecule is CCC(CO)(CO)NC1CC(c2cccc(F)c2)C1. The smallest absolute Gasteiger partial charge is 0.123 e. The first-order valence-electron chi connectivity index (χ1n) is 6.87. The molecule has 0 aliphatic heterocycles. The van der Waals surface area contributed by atoms with E-state index in [4.69, 9.17) is 0 Å². The maximum Gasteiger partial charge on any atom is 0.123 e. The van der Waals surface area contributed by atoms with Gasteiger partial charge >= 0.3 is 0 Å². The first-order valence-corrected chi connectivity index (χ1v) is 6.87. The fourth-order valence-corrected chi connectivity index (χ4v) is 2.67. The summed E-state index contributed by atoms with van der Waals surface area (Å²) < 4.78 is 13.1.